The average Bonchev–Trinajstić information content (AvgIpc) is 2.21. The maximum Gasteiger partial charge on any atom is 0.125 e. The number of unbranched alkanes of at least 4 members (excludes halogenated alkanes) is 2. The number of nitrogens with zero attached hydrogens (tertiary/aromatic N) is 1. The summed E-state index contributed by atoms with van der Waals surface area (Å²) in [4.78, 5) is 4.24. The van der Waals surface area contributed by atoms with Gasteiger partial charge in [-0.05, 0) is 31.4 Å². The second-order valence-corrected chi connectivity index (χ2v) is 3.31. The summed E-state index contributed by atoms with van der Waals surface area (Å²) in [5, 5.41) is 3.25. The third-order valence-corrected chi connectivity index (χ3v) is 1.97. The van der Waals surface area contributed by atoms with Gasteiger partial charge in [-0.15, -0.1) is 12.3 Å². The minimum absolute atomic E-state index is 0.864. The van der Waals surface area contributed by atoms with Crippen molar-refractivity contribution in [3.63, 3.8) is 0 Å². The van der Waals surface area contributed by atoms with Crippen LogP contribution in [0.25, 0.3) is 0 Å². The van der Waals surface area contributed by atoms with Gasteiger partial charge >= 0.3 is 0 Å². The zero-order valence-corrected chi connectivity index (χ0v) is 8.59. The minimum Gasteiger partial charge on any atom is -0.370 e. The van der Waals surface area contributed by atoms with Crippen molar-refractivity contribution in [2.45, 2.75) is 26.2 Å². The summed E-state index contributed by atoms with van der Waals surface area (Å²) >= 11 is 0. The number of nitrogens with one attached hydrogen (secondary N) is 1. The molecule has 14 heavy (non-hydrogen) atoms. The molecular formula is C12H16N2. The van der Waals surface area contributed by atoms with Gasteiger partial charge in [0.15, 0.2) is 0 Å². The second kappa shape index (κ2) is 6.04. The van der Waals surface area contributed by atoms with Crippen LogP contribution in [-0.2, 0) is 0 Å². The Hall–Kier alpha value is -1.49. The van der Waals surface area contributed by atoms with E-state index in [9.17, 15) is 0 Å². The number of hydrogen-bond donors (Lipinski definition) is 1. The molecule has 1 heterocycles. The van der Waals surface area contributed by atoms with Crippen LogP contribution < -0.4 is 5.32 Å². The van der Waals surface area contributed by atoms with E-state index < -0.39 is 0 Å². The first kappa shape index (κ1) is 10.6. The Kier molecular flexibility index (Phi) is 4.57. The van der Waals surface area contributed by atoms with Gasteiger partial charge in [0, 0.05) is 19.2 Å². The molecule has 0 aliphatic carbocycles. The zero-order valence-electron chi connectivity index (χ0n) is 8.59. The SMILES string of the molecule is C#CCCCCNc1ccc(C)cn1. The molecule has 0 aliphatic rings. The second-order valence-electron chi connectivity index (χ2n) is 3.31. The van der Waals surface area contributed by atoms with Gasteiger partial charge in [-0.3, -0.25) is 0 Å². The summed E-state index contributed by atoms with van der Waals surface area (Å²) in [7, 11) is 0. The van der Waals surface area contributed by atoms with Gasteiger partial charge in [-0.25, -0.2) is 4.98 Å². The van der Waals surface area contributed by atoms with Crippen LogP contribution in [0.2, 0.25) is 0 Å². The first-order valence-electron chi connectivity index (χ1n) is 4.93. The van der Waals surface area contributed by atoms with Crippen molar-refractivity contribution in [1.82, 2.24) is 4.98 Å². The lowest BCUT2D eigenvalue weighted by molar-refractivity contribution is 0.787. The number of aromatic nitrogens is 1. The predicted molar refractivity (Wildman–Crippen MR) is 60.1 cm³/mol. The van der Waals surface area contributed by atoms with Gasteiger partial charge in [0.1, 0.15) is 5.82 Å². The van der Waals surface area contributed by atoms with Crippen LogP contribution in [0.5, 0.6) is 0 Å². The summed E-state index contributed by atoms with van der Waals surface area (Å²) < 4.78 is 0. The molecule has 0 fully saturated rings. The van der Waals surface area contributed by atoms with E-state index in [0.29, 0.717) is 0 Å². The topological polar surface area (TPSA) is 24.9 Å². The Morgan fingerprint density at radius 3 is 2.93 bits per heavy atom. The van der Waals surface area contributed by atoms with Crippen molar-refractivity contribution in [2.75, 3.05) is 11.9 Å². The molecule has 2 heteroatoms. The lowest BCUT2D eigenvalue weighted by atomic mass is 10.2. The van der Waals surface area contributed by atoms with Crippen molar-refractivity contribution in [3.05, 3.63) is 23.9 Å². The molecule has 0 amide bonds. The smallest absolute Gasteiger partial charge is 0.125 e. The fraction of sp³-hybridized carbons (Fsp3) is 0.417. The Bertz CT molecular complexity index is 295. The van der Waals surface area contributed by atoms with Gasteiger partial charge in [0.05, 0.1) is 0 Å². The molecule has 0 spiro atoms. The van der Waals surface area contributed by atoms with Gasteiger partial charge in [0.25, 0.3) is 0 Å². The van der Waals surface area contributed by atoms with Crippen molar-refractivity contribution in [3.8, 4) is 12.3 Å². The highest BCUT2D eigenvalue weighted by atomic mass is 15.0. The lowest BCUT2D eigenvalue weighted by Gasteiger charge is -2.04. The van der Waals surface area contributed by atoms with E-state index in [1.165, 1.54) is 5.56 Å². The first-order valence-corrected chi connectivity index (χ1v) is 4.93. The van der Waals surface area contributed by atoms with Crippen LogP contribution in [0.4, 0.5) is 5.82 Å². The van der Waals surface area contributed by atoms with Crippen molar-refractivity contribution >= 4 is 5.82 Å². The largest absolute Gasteiger partial charge is 0.370 e. The molecule has 2 nitrogen and oxygen atoms in total. The molecule has 1 aromatic heterocycles. The summed E-state index contributed by atoms with van der Waals surface area (Å²) in [6, 6.07) is 4.05. The summed E-state index contributed by atoms with van der Waals surface area (Å²) in [6.07, 6.45) is 10.1. The Morgan fingerprint density at radius 2 is 2.29 bits per heavy atom. The van der Waals surface area contributed by atoms with Crippen LogP contribution in [-0.4, -0.2) is 11.5 Å². The van der Waals surface area contributed by atoms with Crippen LogP contribution in [0.3, 0.4) is 0 Å². The van der Waals surface area contributed by atoms with E-state index in [1.807, 2.05) is 19.2 Å². The first-order chi connectivity index (χ1) is 6.83. The maximum atomic E-state index is 5.16. The number of rotatable bonds is 5. The predicted octanol–water partition coefficient (Wildman–Crippen LogP) is 2.61. The molecule has 1 N–H and O–H groups in total. The number of terminal acetylenes is 1. The highest BCUT2D eigenvalue weighted by Crippen LogP contribution is 2.04. The van der Waals surface area contributed by atoms with E-state index in [-0.39, 0.29) is 0 Å². The molecule has 0 aromatic carbocycles. The van der Waals surface area contributed by atoms with Gasteiger partial charge in [-0.2, -0.15) is 0 Å². The summed E-state index contributed by atoms with van der Waals surface area (Å²) in [6.45, 7) is 2.97. The standard InChI is InChI=1S/C12H16N2/c1-3-4-5-6-9-13-12-8-7-11(2)10-14-12/h1,7-8,10H,4-6,9H2,2H3,(H,13,14). The molecule has 0 saturated carbocycles. The fourth-order valence-electron chi connectivity index (χ4n) is 1.14. The number of anilines is 1. The maximum absolute atomic E-state index is 5.16. The highest BCUT2D eigenvalue weighted by molar-refractivity contribution is 5.34. The van der Waals surface area contributed by atoms with Gasteiger partial charge in [0.2, 0.25) is 0 Å². The molecule has 0 saturated heterocycles. The molecule has 0 radical (unpaired) electrons. The molecule has 0 atom stereocenters. The van der Waals surface area contributed by atoms with E-state index in [4.69, 9.17) is 6.42 Å². The normalized spacial score (nSPS) is 9.43. The molecule has 1 rings (SSSR count). The van der Waals surface area contributed by atoms with E-state index >= 15 is 0 Å². The van der Waals surface area contributed by atoms with Gasteiger partial charge < -0.3 is 5.32 Å². The summed E-state index contributed by atoms with van der Waals surface area (Å²) in [5.41, 5.74) is 1.18. The third-order valence-electron chi connectivity index (χ3n) is 1.97. The van der Waals surface area contributed by atoms with E-state index in [2.05, 4.69) is 22.3 Å². The van der Waals surface area contributed by atoms with Gasteiger partial charge in [-0.1, -0.05) is 6.07 Å². The molecule has 0 unspecified atom stereocenters. The highest BCUT2D eigenvalue weighted by Gasteiger charge is 1.91. The van der Waals surface area contributed by atoms with Crippen LogP contribution in [0.15, 0.2) is 18.3 Å². The Balaban J connectivity index is 2.19. The van der Waals surface area contributed by atoms with E-state index in [1.54, 1.807) is 0 Å². The molecule has 0 bridgehead atoms. The van der Waals surface area contributed by atoms with Crippen LogP contribution in [0.1, 0.15) is 24.8 Å². The number of pyridine rings is 1. The quantitative estimate of drug-likeness (QED) is 0.567. The Labute approximate surface area is 85.8 Å². The fourth-order valence-corrected chi connectivity index (χ4v) is 1.14. The monoisotopic (exact) mass is 188 g/mol. The minimum atomic E-state index is 0.864. The molecule has 1 aromatic rings. The Morgan fingerprint density at radius 1 is 1.43 bits per heavy atom. The molecular weight excluding hydrogens is 172 g/mol. The van der Waals surface area contributed by atoms with Crippen molar-refractivity contribution in [2.24, 2.45) is 0 Å². The van der Waals surface area contributed by atoms with Crippen LogP contribution >= 0.6 is 0 Å². The number of hydrogen-bond acceptors (Lipinski definition) is 2. The lowest BCUT2D eigenvalue weighted by Crippen LogP contribution is -2.02. The zero-order chi connectivity index (χ0) is 10.2. The molecule has 74 valence electrons. The summed E-state index contributed by atoms with van der Waals surface area (Å²) in [5.74, 6) is 3.57. The van der Waals surface area contributed by atoms with Crippen molar-refractivity contribution < 1.29 is 0 Å². The van der Waals surface area contributed by atoms with Crippen LogP contribution in [0, 0.1) is 19.3 Å². The van der Waals surface area contributed by atoms with E-state index in [0.717, 1.165) is 31.6 Å². The molecule has 0 aliphatic heterocycles. The third kappa shape index (κ3) is 3.95. The average molecular weight is 188 g/mol. The number of aryl methyl sites for hydroxylation is 1. The van der Waals surface area contributed by atoms with Crippen molar-refractivity contribution in [1.29, 1.82) is 0 Å².